The van der Waals surface area contributed by atoms with Crippen LogP contribution in [0.2, 0.25) is 0 Å². The van der Waals surface area contributed by atoms with E-state index in [4.69, 9.17) is 0 Å². The average Bonchev–Trinajstić information content (AvgIpc) is 2.98. The van der Waals surface area contributed by atoms with E-state index in [1.165, 1.54) is 5.56 Å². The molecular formula is C17H18N4O2. The van der Waals surface area contributed by atoms with Crippen LogP contribution >= 0.6 is 0 Å². The maximum absolute atomic E-state index is 12.3. The summed E-state index contributed by atoms with van der Waals surface area (Å²) < 4.78 is 0. The van der Waals surface area contributed by atoms with E-state index in [1.54, 1.807) is 23.4 Å². The van der Waals surface area contributed by atoms with Gasteiger partial charge in [0.25, 0.3) is 0 Å². The number of anilines is 2. The zero-order valence-electron chi connectivity index (χ0n) is 12.9. The Morgan fingerprint density at radius 1 is 1.26 bits per heavy atom. The summed E-state index contributed by atoms with van der Waals surface area (Å²) in [5, 5.41) is 2.65. The highest BCUT2D eigenvalue weighted by atomic mass is 16.2. The third-order valence-electron chi connectivity index (χ3n) is 3.95. The molecule has 1 N–H and O–H groups in total. The summed E-state index contributed by atoms with van der Waals surface area (Å²) in [4.78, 5) is 34.1. The molecule has 0 aliphatic carbocycles. The third kappa shape index (κ3) is 3.36. The smallest absolute Gasteiger partial charge is 0.232 e. The predicted molar refractivity (Wildman–Crippen MR) is 86.9 cm³/mol. The summed E-state index contributed by atoms with van der Waals surface area (Å²) in [6, 6.07) is 9.55. The molecule has 3 rings (SSSR count). The van der Waals surface area contributed by atoms with Crippen LogP contribution in [-0.2, 0) is 16.0 Å². The molecule has 0 spiro atoms. The largest absolute Gasteiger partial charge is 0.312 e. The summed E-state index contributed by atoms with van der Waals surface area (Å²) in [5.74, 6) is -0.395. The highest BCUT2D eigenvalue weighted by molar-refractivity contribution is 6.03. The Bertz CT molecular complexity index is 700. The average molecular weight is 310 g/mol. The number of rotatable bonds is 4. The van der Waals surface area contributed by atoms with E-state index in [9.17, 15) is 9.59 Å². The number of nitrogens with zero attached hydrogens (tertiary/aromatic N) is 3. The number of amides is 2. The predicted octanol–water partition coefficient (Wildman–Crippen LogP) is 2.03. The molecule has 2 aromatic rings. The first kappa shape index (κ1) is 15.1. The van der Waals surface area contributed by atoms with Crippen molar-refractivity contribution in [2.75, 3.05) is 16.8 Å². The molecule has 0 radical (unpaired) electrons. The van der Waals surface area contributed by atoms with Crippen molar-refractivity contribution < 1.29 is 9.59 Å². The molecule has 1 atom stereocenters. The van der Waals surface area contributed by atoms with Gasteiger partial charge in [-0.1, -0.05) is 19.1 Å². The highest BCUT2D eigenvalue weighted by Crippen LogP contribution is 2.26. The van der Waals surface area contributed by atoms with Crippen molar-refractivity contribution in [3.05, 3.63) is 48.3 Å². The number of nitrogens with one attached hydrogen (secondary N) is 1. The minimum atomic E-state index is -0.392. The molecule has 1 aromatic heterocycles. The maximum Gasteiger partial charge on any atom is 0.232 e. The number of aromatic nitrogens is 2. The first-order chi connectivity index (χ1) is 11.2. The minimum Gasteiger partial charge on any atom is -0.312 e. The molecule has 0 unspecified atom stereocenters. The Morgan fingerprint density at radius 3 is 2.61 bits per heavy atom. The lowest BCUT2D eigenvalue weighted by molar-refractivity contribution is -0.122. The number of carbonyl (C=O) groups excluding carboxylic acids is 2. The number of benzene rings is 1. The van der Waals surface area contributed by atoms with E-state index in [1.807, 2.05) is 24.3 Å². The van der Waals surface area contributed by atoms with Gasteiger partial charge in [-0.15, -0.1) is 0 Å². The molecular weight excluding hydrogens is 292 g/mol. The molecule has 1 aliphatic heterocycles. The summed E-state index contributed by atoms with van der Waals surface area (Å²) in [6.07, 6.45) is 4.28. The van der Waals surface area contributed by atoms with Gasteiger partial charge < -0.3 is 4.90 Å². The molecule has 1 aromatic carbocycles. The van der Waals surface area contributed by atoms with Crippen LogP contribution in [0.25, 0.3) is 0 Å². The van der Waals surface area contributed by atoms with Crippen molar-refractivity contribution >= 4 is 23.5 Å². The van der Waals surface area contributed by atoms with E-state index in [0.717, 1.165) is 12.1 Å². The summed E-state index contributed by atoms with van der Waals surface area (Å²) in [6.45, 7) is 2.46. The second-order valence-corrected chi connectivity index (χ2v) is 5.49. The van der Waals surface area contributed by atoms with Crippen molar-refractivity contribution in [3.63, 3.8) is 0 Å². The van der Waals surface area contributed by atoms with E-state index in [2.05, 4.69) is 22.2 Å². The topological polar surface area (TPSA) is 75.2 Å². The van der Waals surface area contributed by atoms with Gasteiger partial charge in [0.1, 0.15) is 0 Å². The third-order valence-corrected chi connectivity index (χ3v) is 3.95. The van der Waals surface area contributed by atoms with Gasteiger partial charge in [-0.25, -0.2) is 9.97 Å². The van der Waals surface area contributed by atoms with E-state index >= 15 is 0 Å². The van der Waals surface area contributed by atoms with Crippen molar-refractivity contribution in [3.8, 4) is 0 Å². The lowest BCUT2D eigenvalue weighted by Gasteiger charge is -2.17. The quantitative estimate of drug-likeness (QED) is 0.937. The van der Waals surface area contributed by atoms with E-state index in [-0.39, 0.29) is 24.2 Å². The van der Waals surface area contributed by atoms with E-state index < -0.39 is 5.92 Å². The van der Waals surface area contributed by atoms with Crippen molar-refractivity contribution in [1.29, 1.82) is 0 Å². The SMILES string of the molecule is CCc1ccc(N2C[C@H](C(=O)Nc3ncccn3)CC2=O)cc1. The number of carbonyl (C=O) groups is 2. The number of hydrogen-bond donors (Lipinski definition) is 1. The minimum absolute atomic E-state index is 0.0385. The maximum atomic E-state index is 12.3. The standard InChI is InChI=1S/C17H18N4O2/c1-2-12-4-6-14(7-5-12)21-11-13(10-15(21)22)16(23)20-17-18-8-3-9-19-17/h3-9,13H,2,10-11H2,1H3,(H,18,19,20,23)/t13-/m1/s1. The second kappa shape index (κ2) is 6.56. The molecule has 6 nitrogen and oxygen atoms in total. The fourth-order valence-electron chi connectivity index (χ4n) is 2.62. The Labute approximate surface area is 134 Å². The van der Waals surface area contributed by atoms with Gasteiger partial charge in [0, 0.05) is 31.0 Å². The second-order valence-electron chi connectivity index (χ2n) is 5.49. The van der Waals surface area contributed by atoms with Crippen LogP contribution in [0, 0.1) is 5.92 Å². The molecule has 2 amide bonds. The lowest BCUT2D eigenvalue weighted by atomic mass is 10.1. The van der Waals surface area contributed by atoms with Crippen molar-refractivity contribution in [2.24, 2.45) is 5.92 Å². The molecule has 6 heteroatoms. The molecule has 118 valence electrons. The van der Waals surface area contributed by atoms with Gasteiger partial charge in [0.15, 0.2) is 0 Å². The molecule has 2 heterocycles. The highest BCUT2D eigenvalue weighted by Gasteiger charge is 2.35. The summed E-state index contributed by atoms with van der Waals surface area (Å²) in [7, 11) is 0. The first-order valence-electron chi connectivity index (χ1n) is 7.64. The Kier molecular flexibility index (Phi) is 4.32. The van der Waals surface area contributed by atoms with Gasteiger partial charge >= 0.3 is 0 Å². The molecule has 1 saturated heterocycles. The van der Waals surface area contributed by atoms with Crippen molar-refractivity contribution in [1.82, 2.24) is 9.97 Å². The fourth-order valence-corrected chi connectivity index (χ4v) is 2.62. The normalized spacial score (nSPS) is 17.3. The van der Waals surface area contributed by atoms with Gasteiger partial charge in [0.2, 0.25) is 17.8 Å². The summed E-state index contributed by atoms with van der Waals surface area (Å²) in [5.41, 5.74) is 2.05. The Morgan fingerprint density at radius 2 is 1.96 bits per heavy atom. The van der Waals surface area contributed by atoms with Crippen molar-refractivity contribution in [2.45, 2.75) is 19.8 Å². The van der Waals surface area contributed by atoms with Crippen LogP contribution in [0.3, 0.4) is 0 Å². The lowest BCUT2D eigenvalue weighted by Crippen LogP contribution is -2.28. The van der Waals surface area contributed by atoms with Crippen LogP contribution in [0.15, 0.2) is 42.7 Å². The Balaban J connectivity index is 1.67. The van der Waals surface area contributed by atoms with Gasteiger partial charge in [-0.3, -0.25) is 14.9 Å². The van der Waals surface area contributed by atoms with Crippen LogP contribution in [0.5, 0.6) is 0 Å². The van der Waals surface area contributed by atoms with Gasteiger partial charge in [-0.05, 0) is 30.2 Å². The van der Waals surface area contributed by atoms with Gasteiger partial charge in [-0.2, -0.15) is 0 Å². The zero-order chi connectivity index (χ0) is 16.2. The number of hydrogen-bond acceptors (Lipinski definition) is 4. The van der Waals surface area contributed by atoms with Crippen LogP contribution in [0.4, 0.5) is 11.6 Å². The number of aryl methyl sites for hydroxylation is 1. The monoisotopic (exact) mass is 310 g/mol. The van der Waals surface area contributed by atoms with Crippen LogP contribution < -0.4 is 10.2 Å². The fraction of sp³-hybridized carbons (Fsp3) is 0.294. The Hall–Kier alpha value is -2.76. The molecule has 1 aliphatic rings. The zero-order valence-corrected chi connectivity index (χ0v) is 12.9. The summed E-state index contributed by atoms with van der Waals surface area (Å²) >= 11 is 0. The molecule has 0 saturated carbocycles. The molecule has 1 fully saturated rings. The molecule has 23 heavy (non-hydrogen) atoms. The van der Waals surface area contributed by atoms with Gasteiger partial charge in [0.05, 0.1) is 5.92 Å². The van der Waals surface area contributed by atoms with Crippen LogP contribution in [-0.4, -0.2) is 28.3 Å². The molecule has 0 bridgehead atoms. The van der Waals surface area contributed by atoms with E-state index in [0.29, 0.717) is 6.54 Å². The van der Waals surface area contributed by atoms with Crippen LogP contribution in [0.1, 0.15) is 18.9 Å². The first-order valence-corrected chi connectivity index (χ1v) is 7.64.